The normalized spacial score (nSPS) is 26.9. The fraction of sp³-hybridized carbons (Fsp3) is 0.909. The molecular weight excluding hydrogens is 242 g/mol. The quantitative estimate of drug-likeness (QED) is 0.811. The third kappa shape index (κ3) is 3.67. The molecule has 0 aromatic heterocycles. The number of hydrogen-bond donors (Lipinski definition) is 1. The molecule has 1 heterocycles. The Morgan fingerprint density at radius 3 is 2.59 bits per heavy atom. The number of carbonyl (C=O) groups is 1. The molecule has 1 saturated heterocycles. The number of nitrogens with zero attached hydrogens (tertiary/aromatic N) is 1. The maximum atomic E-state index is 12.0. The SMILES string of the molecule is CCCCS(=O)(=O)N1CCC(C(=O)O)CC1C. The Morgan fingerprint density at radius 2 is 2.12 bits per heavy atom. The lowest BCUT2D eigenvalue weighted by Crippen LogP contribution is -2.46. The van der Waals surface area contributed by atoms with E-state index in [0.29, 0.717) is 25.8 Å². The lowest BCUT2D eigenvalue weighted by atomic mass is 9.93. The van der Waals surface area contributed by atoms with E-state index in [0.717, 1.165) is 6.42 Å². The molecule has 1 aliphatic rings. The van der Waals surface area contributed by atoms with Crippen LogP contribution in [0.2, 0.25) is 0 Å². The van der Waals surface area contributed by atoms with Crippen molar-refractivity contribution in [1.29, 1.82) is 0 Å². The van der Waals surface area contributed by atoms with Gasteiger partial charge in [-0.3, -0.25) is 4.79 Å². The monoisotopic (exact) mass is 263 g/mol. The molecule has 1 N–H and O–H groups in total. The molecule has 0 radical (unpaired) electrons. The van der Waals surface area contributed by atoms with Gasteiger partial charge in [-0.25, -0.2) is 8.42 Å². The number of unbranched alkanes of at least 4 members (excludes halogenated alkanes) is 1. The molecule has 0 aromatic carbocycles. The lowest BCUT2D eigenvalue weighted by molar-refractivity contribution is -0.143. The summed E-state index contributed by atoms with van der Waals surface area (Å²) in [7, 11) is -3.20. The van der Waals surface area contributed by atoms with Gasteiger partial charge in [-0.1, -0.05) is 13.3 Å². The molecule has 1 rings (SSSR count). The van der Waals surface area contributed by atoms with Gasteiger partial charge in [-0.2, -0.15) is 4.31 Å². The highest BCUT2D eigenvalue weighted by molar-refractivity contribution is 7.89. The summed E-state index contributed by atoms with van der Waals surface area (Å²) in [5.74, 6) is -1.05. The van der Waals surface area contributed by atoms with Crippen LogP contribution in [0.25, 0.3) is 0 Å². The Morgan fingerprint density at radius 1 is 1.47 bits per heavy atom. The fourth-order valence-electron chi connectivity index (χ4n) is 2.23. The molecule has 0 aromatic rings. The van der Waals surface area contributed by atoms with Crippen LogP contribution >= 0.6 is 0 Å². The first-order chi connectivity index (χ1) is 7.88. The van der Waals surface area contributed by atoms with Crippen LogP contribution in [0.3, 0.4) is 0 Å². The van der Waals surface area contributed by atoms with Crippen molar-refractivity contribution in [3.8, 4) is 0 Å². The molecule has 1 aliphatic heterocycles. The molecule has 5 nitrogen and oxygen atoms in total. The molecule has 2 atom stereocenters. The van der Waals surface area contributed by atoms with E-state index in [4.69, 9.17) is 5.11 Å². The van der Waals surface area contributed by atoms with Crippen molar-refractivity contribution in [2.75, 3.05) is 12.3 Å². The molecular formula is C11H21NO4S. The minimum Gasteiger partial charge on any atom is -0.481 e. The number of hydrogen-bond acceptors (Lipinski definition) is 3. The molecule has 6 heteroatoms. The van der Waals surface area contributed by atoms with Crippen molar-refractivity contribution in [3.05, 3.63) is 0 Å². The maximum Gasteiger partial charge on any atom is 0.306 e. The van der Waals surface area contributed by atoms with Crippen molar-refractivity contribution in [1.82, 2.24) is 4.31 Å². The minimum absolute atomic E-state index is 0.172. The second kappa shape index (κ2) is 5.82. The minimum atomic E-state index is -3.20. The molecule has 100 valence electrons. The lowest BCUT2D eigenvalue weighted by Gasteiger charge is -2.35. The van der Waals surface area contributed by atoms with Crippen LogP contribution in [-0.2, 0) is 14.8 Å². The predicted molar refractivity (Wildman–Crippen MR) is 65.2 cm³/mol. The van der Waals surface area contributed by atoms with Gasteiger partial charge in [-0.05, 0) is 26.2 Å². The van der Waals surface area contributed by atoms with Crippen LogP contribution < -0.4 is 0 Å². The van der Waals surface area contributed by atoms with E-state index < -0.39 is 21.9 Å². The van der Waals surface area contributed by atoms with Crippen LogP contribution in [0.5, 0.6) is 0 Å². The third-order valence-corrected chi connectivity index (χ3v) is 5.34. The Bertz CT molecular complexity index is 366. The summed E-state index contributed by atoms with van der Waals surface area (Å²) >= 11 is 0. The van der Waals surface area contributed by atoms with Gasteiger partial charge < -0.3 is 5.11 Å². The van der Waals surface area contributed by atoms with Crippen molar-refractivity contribution < 1.29 is 18.3 Å². The van der Waals surface area contributed by atoms with Crippen molar-refractivity contribution >= 4 is 16.0 Å². The summed E-state index contributed by atoms with van der Waals surface area (Å²) in [4.78, 5) is 10.9. The van der Waals surface area contributed by atoms with Crippen molar-refractivity contribution in [3.63, 3.8) is 0 Å². The summed E-state index contributed by atoms with van der Waals surface area (Å²) in [6.45, 7) is 4.08. The maximum absolute atomic E-state index is 12.0. The number of aliphatic carboxylic acids is 1. The molecule has 0 spiro atoms. The molecule has 0 saturated carbocycles. The van der Waals surface area contributed by atoms with Gasteiger partial charge in [0, 0.05) is 12.6 Å². The molecule has 0 amide bonds. The van der Waals surface area contributed by atoms with Gasteiger partial charge in [0.15, 0.2) is 0 Å². The van der Waals surface area contributed by atoms with Crippen molar-refractivity contribution in [2.24, 2.45) is 5.92 Å². The number of carboxylic acid groups (broad SMARTS) is 1. The second-order valence-corrected chi connectivity index (χ2v) is 6.73. The topological polar surface area (TPSA) is 74.7 Å². The first kappa shape index (κ1) is 14.4. The van der Waals surface area contributed by atoms with Gasteiger partial charge in [0.05, 0.1) is 11.7 Å². The average molecular weight is 263 g/mol. The van der Waals surface area contributed by atoms with Crippen LogP contribution in [0, 0.1) is 5.92 Å². The van der Waals surface area contributed by atoms with Gasteiger partial charge >= 0.3 is 5.97 Å². The first-order valence-corrected chi connectivity index (χ1v) is 7.71. The average Bonchev–Trinajstić information content (AvgIpc) is 2.25. The van der Waals surface area contributed by atoms with Gasteiger partial charge in [0.25, 0.3) is 0 Å². The number of piperidine rings is 1. The predicted octanol–water partition coefficient (Wildman–Crippen LogP) is 1.30. The molecule has 0 bridgehead atoms. The van der Waals surface area contributed by atoms with E-state index in [9.17, 15) is 13.2 Å². The Kier molecular flexibility index (Phi) is 4.94. The second-order valence-electron chi connectivity index (χ2n) is 4.69. The fourth-order valence-corrected chi connectivity index (χ4v) is 4.14. The summed E-state index contributed by atoms with van der Waals surface area (Å²) in [6.07, 6.45) is 2.35. The van der Waals surface area contributed by atoms with E-state index in [1.807, 2.05) is 6.92 Å². The van der Waals surface area contributed by atoms with E-state index in [-0.39, 0.29) is 11.8 Å². The molecule has 0 aliphatic carbocycles. The zero-order valence-corrected chi connectivity index (χ0v) is 11.2. The Labute approximate surface area is 103 Å². The standard InChI is InChI=1S/C11H21NO4S/c1-3-4-7-17(15,16)12-6-5-10(11(13)14)8-9(12)2/h9-10H,3-8H2,1-2H3,(H,13,14). The molecule has 2 unspecified atom stereocenters. The highest BCUT2D eigenvalue weighted by atomic mass is 32.2. The zero-order valence-electron chi connectivity index (χ0n) is 10.4. The van der Waals surface area contributed by atoms with Crippen LogP contribution in [0.15, 0.2) is 0 Å². The summed E-state index contributed by atoms with van der Waals surface area (Å²) in [6, 6.07) is -0.202. The third-order valence-electron chi connectivity index (χ3n) is 3.28. The highest BCUT2D eigenvalue weighted by Gasteiger charge is 2.35. The van der Waals surface area contributed by atoms with E-state index in [1.54, 1.807) is 6.92 Å². The molecule has 1 fully saturated rings. The Balaban J connectivity index is 2.66. The van der Waals surface area contributed by atoms with Crippen molar-refractivity contribution in [2.45, 2.75) is 45.6 Å². The number of sulfonamides is 1. The van der Waals surface area contributed by atoms with Gasteiger partial charge in [0.1, 0.15) is 0 Å². The molecule has 17 heavy (non-hydrogen) atoms. The first-order valence-electron chi connectivity index (χ1n) is 6.10. The number of rotatable bonds is 5. The smallest absolute Gasteiger partial charge is 0.306 e. The highest BCUT2D eigenvalue weighted by Crippen LogP contribution is 2.25. The van der Waals surface area contributed by atoms with Gasteiger partial charge in [-0.15, -0.1) is 0 Å². The summed E-state index contributed by atoms with van der Waals surface area (Å²) < 4.78 is 25.5. The van der Waals surface area contributed by atoms with Crippen LogP contribution in [0.4, 0.5) is 0 Å². The van der Waals surface area contributed by atoms with E-state index >= 15 is 0 Å². The van der Waals surface area contributed by atoms with E-state index in [1.165, 1.54) is 4.31 Å². The van der Waals surface area contributed by atoms with E-state index in [2.05, 4.69) is 0 Å². The van der Waals surface area contributed by atoms with Gasteiger partial charge in [0.2, 0.25) is 10.0 Å². The Hall–Kier alpha value is -0.620. The van der Waals surface area contributed by atoms with Crippen LogP contribution in [0.1, 0.15) is 39.5 Å². The zero-order chi connectivity index (χ0) is 13.1. The summed E-state index contributed by atoms with van der Waals surface area (Å²) in [5, 5.41) is 8.92. The largest absolute Gasteiger partial charge is 0.481 e. The summed E-state index contributed by atoms with van der Waals surface area (Å²) in [5.41, 5.74) is 0. The number of carboxylic acids is 1. The van der Waals surface area contributed by atoms with Crippen LogP contribution in [-0.4, -0.2) is 42.1 Å².